The average molecular weight is 218 g/mol. The Hall–Kier alpha value is -0.980. The zero-order valence-electron chi connectivity index (χ0n) is 11.1. The van der Waals surface area contributed by atoms with Crippen molar-refractivity contribution in [1.82, 2.24) is 0 Å². The predicted octanol–water partition coefficient (Wildman–Crippen LogP) is 4.08. The van der Waals surface area contributed by atoms with Gasteiger partial charge in [0.15, 0.2) is 0 Å². The van der Waals surface area contributed by atoms with Gasteiger partial charge in [-0.05, 0) is 36.5 Å². The van der Waals surface area contributed by atoms with E-state index in [1.807, 2.05) is 0 Å². The molecule has 1 aromatic rings. The third-order valence-corrected chi connectivity index (χ3v) is 2.75. The maximum absolute atomic E-state index is 2.29. The Morgan fingerprint density at radius 3 is 2.25 bits per heavy atom. The van der Waals surface area contributed by atoms with Crippen molar-refractivity contribution in [2.24, 2.45) is 0 Å². The lowest BCUT2D eigenvalue weighted by atomic mass is 10.1. The molecule has 0 spiro atoms. The molecule has 0 amide bonds. The van der Waals surface area contributed by atoms with Gasteiger partial charge in [0, 0.05) is 19.3 Å². The van der Waals surface area contributed by atoms with Gasteiger partial charge in [-0.1, -0.05) is 39.3 Å². The Bertz CT molecular complexity index is 287. The lowest BCUT2D eigenvalue weighted by molar-refractivity contribution is 0.794. The van der Waals surface area contributed by atoms with Crippen LogP contribution in [0, 0.1) is 5.92 Å². The molecule has 0 fully saturated rings. The van der Waals surface area contributed by atoms with Crippen molar-refractivity contribution in [2.75, 3.05) is 18.5 Å². The fourth-order valence-corrected chi connectivity index (χ4v) is 1.86. The van der Waals surface area contributed by atoms with Crippen LogP contribution in [0.3, 0.4) is 0 Å². The van der Waals surface area contributed by atoms with Gasteiger partial charge in [0.05, 0.1) is 0 Å². The first-order chi connectivity index (χ1) is 7.63. The molecule has 0 atom stereocenters. The Labute approximate surface area is 100 Å². The van der Waals surface area contributed by atoms with Gasteiger partial charge in [0.25, 0.3) is 0 Å². The summed E-state index contributed by atoms with van der Waals surface area (Å²) in [4.78, 5) is 2.29. The molecule has 89 valence electrons. The van der Waals surface area contributed by atoms with E-state index in [4.69, 9.17) is 0 Å². The Balaban J connectivity index is 2.56. The zero-order valence-corrected chi connectivity index (χ0v) is 11.1. The molecule has 1 radical (unpaired) electrons. The van der Waals surface area contributed by atoms with Crippen molar-refractivity contribution in [3.05, 3.63) is 35.7 Å². The van der Waals surface area contributed by atoms with E-state index in [0.717, 1.165) is 6.54 Å². The molecule has 0 N–H and O–H groups in total. The molecule has 1 nitrogen and oxygen atoms in total. The maximum Gasteiger partial charge on any atom is 0.0363 e. The van der Waals surface area contributed by atoms with E-state index in [9.17, 15) is 0 Å². The van der Waals surface area contributed by atoms with Crippen LogP contribution >= 0.6 is 0 Å². The van der Waals surface area contributed by atoms with Gasteiger partial charge in [0.1, 0.15) is 0 Å². The van der Waals surface area contributed by atoms with E-state index in [1.54, 1.807) is 0 Å². The molecule has 1 aromatic carbocycles. The summed E-state index contributed by atoms with van der Waals surface area (Å²) >= 11 is 0. The highest BCUT2D eigenvalue weighted by Gasteiger charge is 2.03. The third kappa shape index (κ3) is 4.26. The monoisotopic (exact) mass is 218 g/mol. The summed E-state index contributed by atoms with van der Waals surface area (Å²) in [5.41, 5.74) is 2.76. The SMILES string of the molecule is CCCCc1ccc(N(C)C[C](C)C)cc1. The summed E-state index contributed by atoms with van der Waals surface area (Å²) in [6.07, 6.45) is 3.77. The lowest BCUT2D eigenvalue weighted by Crippen LogP contribution is -2.21. The van der Waals surface area contributed by atoms with Crippen LogP contribution in [0.15, 0.2) is 24.3 Å². The number of hydrogen-bond acceptors (Lipinski definition) is 1. The van der Waals surface area contributed by atoms with Crippen molar-refractivity contribution in [2.45, 2.75) is 40.0 Å². The fraction of sp³-hybridized carbons (Fsp3) is 0.533. The van der Waals surface area contributed by atoms with Gasteiger partial charge < -0.3 is 4.90 Å². The maximum atomic E-state index is 2.29. The molecule has 0 aliphatic heterocycles. The summed E-state index contributed by atoms with van der Waals surface area (Å²) < 4.78 is 0. The Morgan fingerprint density at radius 2 is 1.75 bits per heavy atom. The lowest BCUT2D eigenvalue weighted by Gasteiger charge is -2.21. The molecular weight excluding hydrogens is 194 g/mol. The van der Waals surface area contributed by atoms with Gasteiger partial charge >= 0.3 is 0 Å². The molecular formula is C15H24N. The summed E-state index contributed by atoms with van der Waals surface area (Å²) in [7, 11) is 2.15. The standard InChI is InChI=1S/C15H24N/c1-5-6-7-14-8-10-15(11-9-14)16(4)12-13(2)3/h8-11H,5-7,12H2,1-4H3. The minimum Gasteiger partial charge on any atom is -0.374 e. The van der Waals surface area contributed by atoms with Crippen LogP contribution in [0.25, 0.3) is 0 Å². The number of benzene rings is 1. The first-order valence-electron chi connectivity index (χ1n) is 6.22. The number of anilines is 1. The topological polar surface area (TPSA) is 3.24 Å². The molecule has 0 unspecified atom stereocenters. The first kappa shape index (κ1) is 13.1. The van der Waals surface area contributed by atoms with E-state index in [2.05, 4.69) is 57.0 Å². The number of aryl methyl sites for hydroxylation is 1. The second-order valence-corrected chi connectivity index (χ2v) is 4.83. The van der Waals surface area contributed by atoms with Crippen LogP contribution in [0.1, 0.15) is 39.2 Å². The van der Waals surface area contributed by atoms with Gasteiger partial charge in [-0.3, -0.25) is 0 Å². The molecule has 0 aromatic heterocycles. The highest BCUT2D eigenvalue weighted by molar-refractivity contribution is 5.47. The largest absolute Gasteiger partial charge is 0.374 e. The predicted molar refractivity (Wildman–Crippen MR) is 72.9 cm³/mol. The van der Waals surface area contributed by atoms with E-state index in [-0.39, 0.29) is 0 Å². The van der Waals surface area contributed by atoms with Crippen LogP contribution in [-0.4, -0.2) is 13.6 Å². The molecule has 16 heavy (non-hydrogen) atoms. The van der Waals surface area contributed by atoms with Crippen molar-refractivity contribution in [3.8, 4) is 0 Å². The molecule has 1 rings (SSSR count). The highest BCUT2D eigenvalue weighted by Crippen LogP contribution is 2.16. The molecule has 0 saturated heterocycles. The molecule has 0 aliphatic carbocycles. The normalized spacial score (nSPS) is 10.8. The van der Waals surface area contributed by atoms with Gasteiger partial charge in [-0.25, -0.2) is 0 Å². The van der Waals surface area contributed by atoms with Gasteiger partial charge in [0.2, 0.25) is 0 Å². The minimum atomic E-state index is 1.04. The summed E-state index contributed by atoms with van der Waals surface area (Å²) in [5, 5.41) is 0. The molecule has 0 saturated carbocycles. The number of nitrogens with zero attached hydrogens (tertiary/aromatic N) is 1. The number of rotatable bonds is 6. The zero-order chi connectivity index (χ0) is 12.0. The van der Waals surface area contributed by atoms with Gasteiger partial charge in [-0.15, -0.1) is 0 Å². The Kier molecular flexibility index (Phi) is 5.37. The van der Waals surface area contributed by atoms with Crippen molar-refractivity contribution >= 4 is 5.69 Å². The van der Waals surface area contributed by atoms with Crippen molar-refractivity contribution < 1.29 is 0 Å². The van der Waals surface area contributed by atoms with Crippen LogP contribution in [0.5, 0.6) is 0 Å². The molecule has 0 heterocycles. The third-order valence-electron chi connectivity index (χ3n) is 2.75. The average Bonchev–Trinajstić information content (AvgIpc) is 2.26. The van der Waals surface area contributed by atoms with E-state index in [0.29, 0.717) is 0 Å². The highest BCUT2D eigenvalue weighted by atomic mass is 15.1. The summed E-state index contributed by atoms with van der Waals surface area (Å²) in [6.45, 7) is 7.62. The van der Waals surface area contributed by atoms with Crippen LogP contribution < -0.4 is 4.90 Å². The minimum absolute atomic E-state index is 1.04. The second-order valence-electron chi connectivity index (χ2n) is 4.83. The van der Waals surface area contributed by atoms with E-state index in [1.165, 1.54) is 36.4 Å². The number of unbranched alkanes of at least 4 members (excludes halogenated alkanes) is 1. The quantitative estimate of drug-likeness (QED) is 0.695. The van der Waals surface area contributed by atoms with Gasteiger partial charge in [-0.2, -0.15) is 0 Å². The number of hydrogen-bond donors (Lipinski definition) is 0. The van der Waals surface area contributed by atoms with Crippen LogP contribution in [0.4, 0.5) is 5.69 Å². The van der Waals surface area contributed by atoms with E-state index >= 15 is 0 Å². The summed E-state index contributed by atoms with van der Waals surface area (Å²) in [6, 6.07) is 8.97. The molecule has 0 aliphatic rings. The Morgan fingerprint density at radius 1 is 1.12 bits per heavy atom. The summed E-state index contributed by atoms with van der Waals surface area (Å²) in [5.74, 6) is 1.44. The molecule has 0 bridgehead atoms. The fourth-order valence-electron chi connectivity index (χ4n) is 1.86. The first-order valence-corrected chi connectivity index (χ1v) is 6.22. The van der Waals surface area contributed by atoms with Crippen LogP contribution in [-0.2, 0) is 6.42 Å². The van der Waals surface area contributed by atoms with Crippen LogP contribution in [0.2, 0.25) is 0 Å². The smallest absolute Gasteiger partial charge is 0.0363 e. The van der Waals surface area contributed by atoms with E-state index < -0.39 is 0 Å². The van der Waals surface area contributed by atoms with Crippen molar-refractivity contribution in [3.63, 3.8) is 0 Å². The second kappa shape index (κ2) is 6.57. The molecule has 1 heteroatoms. The van der Waals surface area contributed by atoms with Crippen molar-refractivity contribution in [1.29, 1.82) is 0 Å².